The molecule has 2 aromatic carbocycles. The third-order valence-electron chi connectivity index (χ3n) is 11.0. The van der Waals surface area contributed by atoms with Crippen molar-refractivity contribution in [2.45, 2.75) is 179 Å². The molecular formula is C49H70N6O10. The molecule has 356 valence electrons. The zero-order valence-electron chi connectivity index (χ0n) is 39.1. The number of aromatic amines is 1. The zero-order chi connectivity index (χ0) is 47.8. The predicted molar refractivity (Wildman–Crippen MR) is 246 cm³/mol. The van der Waals surface area contributed by atoms with Gasteiger partial charge in [0, 0.05) is 36.4 Å². The van der Waals surface area contributed by atoms with Crippen molar-refractivity contribution in [2.24, 2.45) is 5.73 Å². The van der Waals surface area contributed by atoms with E-state index in [1.165, 1.54) is 6.92 Å². The number of carbonyl (C=O) groups is 7. The molecule has 7 N–H and O–H groups in total. The van der Waals surface area contributed by atoms with Crippen molar-refractivity contribution in [3.63, 3.8) is 0 Å². The molecule has 16 nitrogen and oxygen atoms in total. The van der Waals surface area contributed by atoms with E-state index in [9.17, 15) is 33.6 Å². The molecule has 4 rings (SSSR count). The van der Waals surface area contributed by atoms with Crippen LogP contribution in [0.1, 0.15) is 137 Å². The van der Waals surface area contributed by atoms with Crippen molar-refractivity contribution in [1.29, 1.82) is 0 Å². The zero-order valence-corrected chi connectivity index (χ0v) is 39.1. The van der Waals surface area contributed by atoms with E-state index in [4.69, 9.17) is 19.9 Å². The molecular weight excluding hydrogens is 833 g/mol. The summed E-state index contributed by atoms with van der Waals surface area (Å²) in [5.74, 6) is -4.20. The normalized spacial score (nSPS) is 15.6. The number of H-pyrrole nitrogens is 1. The van der Waals surface area contributed by atoms with Gasteiger partial charge in [0.2, 0.25) is 23.6 Å². The average molecular weight is 903 g/mol. The van der Waals surface area contributed by atoms with Crippen LogP contribution in [0, 0.1) is 0 Å². The number of ether oxygens (including phenoxy) is 3. The molecule has 1 aliphatic rings. The highest BCUT2D eigenvalue weighted by atomic mass is 16.6. The van der Waals surface area contributed by atoms with E-state index in [1.54, 1.807) is 72.0 Å². The van der Waals surface area contributed by atoms with Crippen molar-refractivity contribution in [3.8, 4) is 0 Å². The van der Waals surface area contributed by atoms with Crippen molar-refractivity contribution in [3.05, 3.63) is 71.9 Å². The molecule has 0 bridgehead atoms. The number of nitrogens with two attached hydrogens (primary N) is 1. The Bertz CT molecular complexity index is 2080. The Morgan fingerprint density at radius 3 is 1.98 bits per heavy atom. The number of aromatic nitrogens is 1. The van der Waals surface area contributed by atoms with Crippen molar-refractivity contribution < 1.29 is 47.8 Å². The minimum absolute atomic E-state index is 0.00491. The number of hydrogen-bond donors (Lipinski definition) is 6. The number of unbranched alkanes of at least 4 members (excludes halogenated alkanes) is 3. The van der Waals surface area contributed by atoms with Crippen LogP contribution < -0.4 is 27.0 Å². The van der Waals surface area contributed by atoms with Gasteiger partial charge in [0.15, 0.2) is 0 Å². The maximum atomic E-state index is 14.7. The molecule has 65 heavy (non-hydrogen) atoms. The number of nitrogens with one attached hydrogen (secondary N) is 5. The lowest BCUT2D eigenvalue weighted by molar-refractivity contribution is -0.155. The smallest absolute Gasteiger partial charge is 0.408 e. The second kappa shape index (κ2) is 23.8. The van der Waals surface area contributed by atoms with E-state index in [0.717, 1.165) is 35.7 Å². The van der Waals surface area contributed by atoms with Gasteiger partial charge in [0.05, 0.1) is 6.42 Å². The van der Waals surface area contributed by atoms with Crippen LogP contribution in [0.25, 0.3) is 10.9 Å². The number of benzene rings is 2. The fraction of sp³-hybridized carbons (Fsp3) is 0.571. The first-order valence-corrected chi connectivity index (χ1v) is 22.8. The summed E-state index contributed by atoms with van der Waals surface area (Å²) in [6, 6.07) is 12.4. The number of esters is 2. The summed E-state index contributed by atoms with van der Waals surface area (Å²) in [7, 11) is 0. The summed E-state index contributed by atoms with van der Waals surface area (Å²) in [5.41, 5.74) is 4.82. The quantitative estimate of drug-likeness (QED) is 0.0384. The van der Waals surface area contributed by atoms with Gasteiger partial charge >= 0.3 is 18.0 Å². The molecule has 0 spiro atoms. The van der Waals surface area contributed by atoms with Gasteiger partial charge < -0.3 is 46.2 Å². The molecule has 5 amide bonds. The lowest BCUT2D eigenvalue weighted by Crippen LogP contribution is -2.63. The third kappa shape index (κ3) is 17.9. The lowest BCUT2D eigenvalue weighted by Gasteiger charge is -2.33. The molecule has 16 heteroatoms. The summed E-state index contributed by atoms with van der Waals surface area (Å²) in [5, 5.41) is 11.7. The molecule has 1 fully saturated rings. The Morgan fingerprint density at radius 2 is 1.32 bits per heavy atom. The maximum absolute atomic E-state index is 14.7. The van der Waals surface area contributed by atoms with Crippen LogP contribution in [0.4, 0.5) is 4.79 Å². The Labute approximate surface area is 382 Å². The minimum Gasteiger partial charge on any atom is -0.462 e. The molecule has 4 atom stereocenters. The topological polar surface area (TPSA) is 237 Å². The van der Waals surface area contributed by atoms with Crippen LogP contribution in [0.15, 0.2) is 60.8 Å². The summed E-state index contributed by atoms with van der Waals surface area (Å²) in [6.07, 6.45) is 6.65. The molecule has 0 unspecified atom stereocenters. The molecule has 1 aliphatic carbocycles. The van der Waals surface area contributed by atoms with Crippen LogP contribution in [0.3, 0.4) is 0 Å². The summed E-state index contributed by atoms with van der Waals surface area (Å²) < 4.78 is 16.7. The third-order valence-corrected chi connectivity index (χ3v) is 11.0. The number of amides is 5. The standard InChI is InChI=1S/C49H70N6O10/c1-47(2,3)64-40(56)27-17-9-8-16-26-37(54-45(61)49(7,55-46(62)65-48(4,5)6)30-33-31-51-36-25-19-18-24-35(33)36)43(59)53-39(29-41(57)63-34-22-14-11-15-23-34)44(60)52-38(42(50)58)28-32-20-12-10-13-21-32/h10,12-13,18-21,24-25,31,34,37-39,51H,8-9,11,14-17,22-23,26-30H2,1-7H3,(H2,50,58)(H,52,60)(H,53,59)(H,54,61)(H,55,62)/t37-,38-,39-,49+/m0/s1. The van der Waals surface area contributed by atoms with Gasteiger partial charge in [0.1, 0.15) is 41.0 Å². The van der Waals surface area contributed by atoms with Crippen LogP contribution in [0.2, 0.25) is 0 Å². The lowest BCUT2D eigenvalue weighted by atomic mass is 9.90. The van der Waals surface area contributed by atoms with Gasteiger partial charge in [-0.15, -0.1) is 0 Å². The van der Waals surface area contributed by atoms with Gasteiger partial charge in [-0.1, -0.05) is 74.2 Å². The van der Waals surface area contributed by atoms with Crippen LogP contribution in [0.5, 0.6) is 0 Å². The van der Waals surface area contributed by atoms with Crippen LogP contribution >= 0.6 is 0 Å². The molecule has 0 aliphatic heterocycles. The fourth-order valence-electron chi connectivity index (χ4n) is 7.73. The number of rotatable bonds is 22. The summed E-state index contributed by atoms with van der Waals surface area (Å²) in [4.78, 5) is 98.2. The molecule has 1 heterocycles. The highest BCUT2D eigenvalue weighted by Crippen LogP contribution is 2.25. The fourth-order valence-corrected chi connectivity index (χ4v) is 7.73. The average Bonchev–Trinajstić information content (AvgIpc) is 3.62. The molecule has 3 aromatic rings. The van der Waals surface area contributed by atoms with E-state index >= 15 is 0 Å². The molecule has 0 radical (unpaired) electrons. The molecule has 1 saturated carbocycles. The van der Waals surface area contributed by atoms with Gasteiger partial charge in [-0.3, -0.25) is 28.8 Å². The van der Waals surface area contributed by atoms with Gasteiger partial charge in [0.25, 0.3) is 0 Å². The summed E-state index contributed by atoms with van der Waals surface area (Å²) in [6.45, 7) is 12.0. The first-order chi connectivity index (χ1) is 30.6. The maximum Gasteiger partial charge on any atom is 0.408 e. The number of alkyl carbamates (subject to hydrolysis) is 1. The monoisotopic (exact) mass is 903 g/mol. The Morgan fingerprint density at radius 1 is 0.708 bits per heavy atom. The van der Waals surface area contributed by atoms with Crippen molar-refractivity contribution >= 4 is 52.6 Å². The van der Waals surface area contributed by atoms with Gasteiger partial charge in [-0.25, -0.2) is 4.79 Å². The SMILES string of the molecule is CC(C)(C)OC(=O)CCCCCC[C@H](NC(=O)[C@@](C)(Cc1c[nH]c2ccccc12)NC(=O)OC(C)(C)C)C(=O)N[C@@H](CC(=O)OC1CCCCC1)C(=O)N[C@@H](Cc1ccccc1)C(N)=O. The van der Waals surface area contributed by atoms with Crippen molar-refractivity contribution in [2.75, 3.05) is 0 Å². The first-order valence-electron chi connectivity index (χ1n) is 22.8. The van der Waals surface area contributed by atoms with Gasteiger partial charge in [-0.2, -0.15) is 0 Å². The number of primary amides is 1. The predicted octanol–water partition coefficient (Wildman–Crippen LogP) is 6.12. The Hall–Kier alpha value is -5.93. The van der Waals surface area contributed by atoms with E-state index in [1.807, 2.05) is 30.3 Å². The molecule has 1 aromatic heterocycles. The molecule has 0 saturated heterocycles. The number of hydrogen-bond acceptors (Lipinski definition) is 10. The Balaban J connectivity index is 1.62. The second-order valence-corrected chi connectivity index (χ2v) is 19.2. The van der Waals surface area contributed by atoms with Gasteiger partial charge in [-0.05, 0) is 104 Å². The number of para-hydroxylation sites is 1. The van der Waals surface area contributed by atoms with E-state index in [2.05, 4.69) is 26.3 Å². The van der Waals surface area contributed by atoms with E-state index in [0.29, 0.717) is 44.1 Å². The number of carbonyl (C=O) groups excluding carboxylic acids is 7. The van der Waals surface area contributed by atoms with Crippen LogP contribution in [-0.4, -0.2) is 87.6 Å². The minimum atomic E-state index is -1.67. The number of fused-ring (bicyclic) bond motifs is 1. The second-order valence-electron chi connectivity index (χ2n) is 19.2. The largest absolute Gasteiger partial charge is 0.462 e. The first kappa shape index (κ1) is 51.7. The van der Waals surface area contributed by atoms with E-state index in [-0.39, 0.29) is 37.8 Å². The van der Waals surface area contributed by atoms with E-state index < -0.39 is 77.0 Å². The van der Waals surface area contributed by atoms with Crippen LogP contribution in [-0.2, 0) is 55.8 Å². The van der Waals surface area contributed by atoms with Crippen molar-refractivity contribution in [1.82, 2.24) is 26.3 Å². The highest BCUT2D eigenvalue weighted by Gasteiger charge is 2.40. The summed E-state index contributed by atoms with van der Waals surface area (Å²) >= 11 is 0. The highest BCUT2D eigenvalue weighted by molar-refractivity contribution is 5.98. The Kier molecular flexibility index (Phi) is 19.0.